The van der Waals surface area contributed by atoms with Crippen LogP contribution in [-0.4, -0.2) is 24.6 Å². The lowest BCUT2D eigenvalue weighted by Crippen LogP contribution is -2.21. The number of nitrogens with zero attached hydrogens (tertiary/aromatic N) is 1. The monoisotopic (exact) mass is 435 g/mol. The second-order valence-electron chi connectivity index (χ2n) is 5.44. The average Bonchev–Trinajstić information content (AvgIpc) is 2.64. The zero-order valence-electron chi connectivity index (χ0n) is 14.7. The van der Waals surface area contributed by atoms with E-state index in [0.29, 0.717) is 17.9 Å². The SMILES string of the molecule is CCOc1ccc(Br)cc1C=NNC(=O)CCC(=O)Nc1ccccc1F. The molecule has 2 aromatic carbocycles. The lowest BCUT2D eigenvalue weighted by molar-refractivity contribution is -0.124. The minimum absolute atomic E-state index is 0.0750. The predicted molar refractivity (Wildman–Crippen MR) is 105 cm³/mol. The van der Waals surface area contributed by atoms with Gasteiger partial charge < -0.3 is 10.1 Å². The number of carbonyl (C=O) groups excluding carboxylic acids is 2. The second-order valence-corrected chi connectivity index (χ2v) is 6.35. The first-order valence-electron chi connectivity index (χ1n) is 8.28. The Labute approximate surface area is 164 Å². The molecule has 2 rings (SSSR count). The lowest BCUT2D eigenvalue weighted by Gasteiger charge is -2.07. The van der Waals surface area contributed by atoms with Crippen LogP contribution >= 0.6 is 15.9 Å². The van der Waals surface area contributed by atoms with E-state index in [1.165, 1.54) is 24.4 Å². The zero-order chi connectivity index (χ0) is 19.6. The summed E-state index contributed by atoms with van der Waals surface area (Å²) in [6.45, 7) is 2.38. The number of halogens is 2. The molecule has 8 heteroatoms. The van der Waals surface area contributed by atoms with E-state index in [1.54, 1.807) is 12.1 Å². The van der Waals surface area contributed by atoms with Crippen molar-refractivity contribution >= 4 is 39.6 Å². The summed E-state index contributed by atoms with van der Waals surface area (Å²) in [6, 6.07) is 11.3. The first-order valence-corrected chi connectivity index (χ1v) is 9.07. The molecule has 0 bridgehead atoms. The van der Waals surface area contributed by atoms with Gasteiger partial charge in [-0.15, -0.1) is 0 Å². The maximum absolute atomic E-state index is 13.5. The van der Waals surface area contributed by atoms with Gasteiger partial charge in [0.15, 0.2) is 0 Å². The van der Waals surface area contributed by atoms with Crippen LogP contribution < -0.4 is 15.5 Å². The zero-order valence-corrected chi connectivity index (χ0v) is 16.3. The van der Waals surface area contributed by atoms with E-state index >= 15 is 0 Å². The topological polar surface area (TPSA) is 79.8 Å². The number of nitrogens with one attached hydrogen (secondary N) is 2. The third-order valence-electron chi connectivity index (χ3n) is 3.39. The molecule has 0 aliphatic carbocycles. The molecule has 142 valence electrons. The third kappa shape index (κ3) is 6.82. The van der Waals surface area contributed by atoms with Crippen LogP contribution in [0.3, 0.4) is 0 Å². The fraction of sp³-hybridized carbons (Fsp3) is 0.211. The number of hydrogen-bond donors (Lipinski definition) is 2. The van der Waals surface area contributed by atoms with Gasteiger partial charge in [-0.25, -0.2) is 9.82 Å². The number of hydrazone groups is 1. The van der Waals surface area contributed by atoms with Gasteiger partial charge in [-0.3, -0.25) is 9.59 Å². The molecule has 0 saturated heterocycles. The number of hydrogen-bond acceptors (Lipinski definition) is 4. The van der Waals surface area contributed by atoms with Gasteiger partial charge in [-0.1, -0.05) is 28.1 Å². The van der Waals surface area contributed by atoms with Crippen LogP contribution in [0.4, 0.5) is 10.1 Å². The molecule has 0 saturated carbocycles. The Morgan fingerprint density at radius 2 is 1.93 bits per heavy atom. The molecule has 0 spiro atoms. The molecule has 0 heterocycles. The number of rotatable bonds is 8. The molecular formula is C19H19BrFN3O3. The Kier molecular flexibility index (Phi) is 7.94. The number of anilines is 1. The van der Waals surface area contributed by atoms with Crippen molar-refractivity contribution in [2.45, 2.75) is 19.8 Å². The van der Waals surface area contributed by atoms with Crippen molar-refractivity contribution in [1.29, 1.82) is 0 Å². The van der Waals surface area contributed by atoms with Gasteiger partial charge in [0.1, 0.15) is 11.6 Å². The van der Waals surface area contributed by atoms with Crippen molar-refractivity contribution < 1.29 is 18.7 Å². The van der Waals surface area contributed by atoms with Crippen molar-refractivity contribution in [3.63, 3.8) is 0 Å². The second kappa shape index (κ2) is 10.4. The molecule has 0 radical (unpaired) electrons. The molecule has 0 fully saturated rings. The van der Waals surface area contributed by atoms with E-state index in [4.69, 9.17) is 4.74 Å². The standard InChI is InChI=1S/C19H19BrFN3O3/c1-2-27-17-8-7-14(20)11-13(17)12-22-24-19(26)10-9-18(25)23-16-6-4-3-5-15(16)21/h3-8,11-12H,2,9-10H2,1H3,(H,23,25)(H,24,26). The van der Waals surface area contributed by atoms with Crippen LogP contribution in [0.25, 0.3) is 0 Å². The summed E-state index contributed by atoms with van der Waals surface area (Å²) in [5.74, 6) is -0.769. The Balaban J connectivity index is 1.82. The highest BCUT2D eigenvalue weighted by Crippen LogP contribution is 2.21. The minimum atomic E-state index is -0.529. The van der Waals surface area contributed by atoms with Crippen molar-refractivity contribution in [2.75, 3.05) is 11.9 Å². The summed E-state index contributed by atoms with van der Waals surface area (Å²) < 4.78 is 19.8. The maximum atomic E-state index is 13.5. The molecule has 6 nitrogen and oxygen atoms in total. The molecule has 0 unspecified atom stereocenters. The Hall–Kier alpha value is -2.74. The summed E-state index contributed by atoms with van der Waals surface area (Å²) in [5, 5.41) is 6.31. The smallest absolute Gasteiger partial charge is 0.240 e. The summed E-state index contributed by atoms with van der Waals surface area (Å²) >= 11 is 3.37. The van der Waals surface area contributed by atoms with E-state index < -0.39 is 17.6 Å². The van der Waals surface area contributed by atoms with Crippen molar-refractivity contribution in [3.8, 4) is 5.75 Å². The minimum Gasteiger partial charge on any atom is -0.493 e. The van der Waals surface area contributed by atoms with Gasteiger partial charge in [0.2, 0.25) is 11.8 Å². The molecular weight excluding hydrogens is 417 g/mol. The summed E-state index contributed by atoms with van der Waals surface area (Å²) in [4.78, 5) is 23.6. The lowest BCUT2D eigenvalue weighted by atomic mass is 10.2. The highest BCUT2D eigenvalue weighted by molar-refractivity contribution is 9.10. The van der Waals surface area contributed by atoms with Crippen molar-refractivity contribution in [2.24, 2.45) is 5.10 Å². The number of ether oxygens (including phenoxy) is 1. The predicted octanol–water partition coefficient (Wildman–Crippen LogP) is 3.86. The molecule has 0 aliphatic rings. The number of amides is 2. The fourth-order valence-corrected chi connectivity index (χ4v) is 2.52. The van der Waals surface area contributed by atoms with Gasteiger partial charge in [-0.05, 0) is 37.3 Å². The fourth-order valence-electron chi connectivity index (χ4n) is 2.14. The van der Waals surface area contributed by atoms with E-state index in [1.807, 2.05) is 19.1 Å². The molecule has 2 amide bonds. The molecule has 2 aromatic rings. The van der Waals surface area contributed by atoms with Gasteiger partial charge in [-0.2, -0.15) is 5.10 Å². The Morgan fingerprint density at radius 3 is 2.67 bits per heavy atom. The van der Waals surface area contributed by atoms with E-state index in [9.17, 15) is 14.0 Å². The average molecular weight is 436 g/mol. The molecule has 2 N–H and O–H groups in total. The van der Waals surface area contributed by atoms with E-state index in [2.05, 4.69) is 31.8 Å². The maximum Gasteiger partial charge on any atom is 0.240 e. The molecule has 0 atom stereocenters. The van der Waals surface area contributed by atoms with Crippen LogP contribution in [0.1, 0.15) is 25.3 Å². The highest BCUT2D eigenvalue weighted by Gasteiger charge is 2.09. The van der Waals surface area contributed by atoms with Crippen LogP contribution in [0.15, 0.2) is 52.0 Å². The summed E-state index contributed by atoms with van der Waals surface area (Å²) in [7, 11) is 0. The molecule has 27 heavy (non-hydrogen) atoms. The van der Waals surface area contributed by atoms with Crippen molar-refractivity contribution in [1.82, 2.24) is 5.43 Å². The van der Waals surface area contributed by atoms with Crippen molar-refractivity contribution in [3.05, 3.63) is 58.3 Å². The highest BCUT2D eigenvalue weighted by atomic mass is 79.9. The van der Waals surface area contributed by atoms with Crippen LogP contribution in [0.5, 0.6) is 5.75 Å². The summed E-state index contributed by atoms with van der Waals surface area (Å²) in [5.41, 5.74) is 3.14. The Bertz CT molecular complexity index is 843. The number of carbonyl (C=O) groups is 2. The third-order valence-corrected chi connectivity index (χ3v) is 3.88. The quantitative estimate of drug-likeness (QED) is 0.487. The van der Waals surface area contributed by atoms with Gasteiger partial charge >= 0.3 is 0 Å². The number of para-hydroxylation sites is 1. The van der Waals surface area contributed by atoms with E-state index in [0.717, 1.165) is 4.47 Å². The summed E-state index contributed by atoms with van der Waals surface area (Å²) in [6.07, 6.45) is 1.30. The molecule has 0 aromatic heterocycles. The molecule has 0 aliphatic heterocycles. The Morgan fingerprint density at radius 1 is 1.19 bits per heavy atom. The van der Waals surface area contributed by atoms with Crippen LogP contribution in [0.2, 0.25) is 0 Å². The first-order chi connectivity index (χ1) is 13.0. The van der Waals surface area contributed by atoms with E-state index in [-0.39, 0.29) is 18.5 Å². The van der Waals surface area contributed by atoms with Gasteiger partial charge in [0.25, 0.3) is 0 Å². The largest absolute Gasteiger partial charge is 0.493 e. The van der Waals surface area contributed by atoms with Gasteiger partial charge in [0, 0.05) is 22.9 Å². The normalized spacial score (nSPS) is 10.6. The number of benzene rings is 2. The van der Waals surface area contributed by atoms with Crippen LogP contribution in [-0.2, 0) is 9.59 Å². The van der Waals surface area contributed by atoms with Gasteiger partial charge in [0.05, 0.1) is 18.5 Å². The van der Waals surface area contributed by atoms with Crippen LogP contribution in [0, 0.1) is 5.82 Å². The first kappa shape index (κ1) is 20.6.